The number of likely N-dealkylation sites (N-methyl/N-ethyl adjacent to an activating group) is 1. The van der Waals surface area contributed by atoms with Crippen LogP contribution in [0, 0.1) is 0 Å². The summed E-state index contributed by atoms with van der Waals surface area (Å²) in [4.78, 5) is 7.03. The lowest BCUT2D eigenvalue weighted by Gasteiger charge is -2.21. The average Bonchev–Trinajstić information content (AvgIpc) is 2.91. The highest BCUT2D eigenvalue weighted by Crippen LogP contribution is 2.29. The van der Waals surface area contributed by atoms with Gasteiger partial charge in [-0.1, -0.05) is 25.1 Å². The Morgan fingerprint density at radius 1 is 1.33 bits per heavy atom. The van der Waals surface area contributed by atoms with Crippen LogP contribution < -0.4 is 0 Å². The van der Waals surface area contributed by atoms with E-state index in [1.54, 1.807) is 0 Å². The van der Waals surface area contributed by atoms with Crippen LogP contribution in [0.25, 0.3) is 10.9 Å². The maximum atomic E-state index is 10.6. The second-order valence-electron chi connectivity index (χ2n) is 6.14. The largest absolute Gasteiger partial charge is 0.387 e. The molecule has 0 spiro atoms. The van der Waals surface area contributed by atoms with Crippen LogP contribution in [0.5, 0.6) is 0 Å². The SMILES string of the molecule is CCCN(C)CC(O)c1cccc2cc3c(nc12)CCC3. The van der Waals surface area contributed by atoms with Crippen molar-refractivity contribution in [3.63, 3.8) is 0 Å². The van der Waals surface area contributed by atoms with Crippen LogP contribution in [0.2, 0.25) is 0 Å². The molecule has 3 nitrogen and oxygen atoms in total. The molecule has 1 aromatic heterocycles. The van der Waals surface area contributed by atoms with Gasteiger partial charge >= 0.3 is 0 Å². The fourth-order valence-electron chi connectivity index (χ4n) is 3.32. The monoisotopic (exact) mass is 284 g/mol. The molecule has 0 bridgehead atoms. The molecule has 1 atom stereocenters. The molecule has 112 valence electrons. The first kappa shape index (κ1) is 14.5. The summed E-state index contributed by atoms with van der Waals surface area (Å²) in [6, 6.07) is 8.41. The van der Waals surface area contributed by atoms with Crippen molar-refractivity contribution in [3.05, 3.63) is 41.1 Å². The van der Waals surface area contributed by atoms with Crippen LogP contribution in [-0.4, -0.2) is 35.1 Å². The van der Waals surface area contributed by atoms with Crippen LogP contribution >= 0.6 is 0 Å². The highest BCUT2D eigenvalue weighted by Gasteiger charge is 2.18. The van der Waals surface area contributed by atoms with Crippen molar-refractivity contribution in [2.45, 2.75) is 38.7 Å². The first-order chi connectivity index (χ1) is 10.2. The van der Waals surface area contributed by atoms with Gasteiger partial charge in [0, 0.05) is 23.2 Å². The fraction of sp³-hybridized carbons (Fsp3) is 0.500. The summed E-state index contributed by atoms with van der Waals surface area (Å²) in [5, 5.41) is 11.7. The smallest absolute Gasteiger partial charge is 0.0937 e. The quantitative estimate of drug-likeness (QED) is 0.916. The zero-order chi connectivity index (χ0) is 14.8. The van der Waals surface area contributed by atoms with Gasteiger partial charge in [0.2, 0.25) is 0 Å². The highest BCUT2D eigenvalue weighted by molar-refractivity contribution is 5.83. The molecule has 1 aliphatic rings. The number of benzene rings is 1. The zero-order valence-electron chi connectivity index (χ0n) is 13.0. The van der Waals surface area contributed by atoms with E-state index in [-0.39, 0.29) is 0 Å². The van der Waals surface area contributed by atoms with Gasteiger partial charge in [0.05, 0.1) is 11.6 Å². The first-order valence-corrected chi connectivity index (χ1v) is 7.97. The minimum absolute atomic E-state index is 0.475. The van der Waals surface area contributed by atoms with Crippen LogP contribution in [0.15, 0.2) is 24.3 Å². The summed E-state index contributed by atoms with van der Waals surface area (Å²) in [6.45, 7) is 3.82. The van der Waals surface area contributed by atoms with E-state index in [4.69, 9.17) is 4.98 Å². The lowest BCUT2D eigenvalue weighted by Crippen LogP contribution is -2.25. The van der Waals surface area contributed by atoms with E-state index in [9.17, 15) is 5.11 Å². The summed E-state index contributed by atoms with van der Waals surface area (Å²) in [5.41, 5.74) is 4.56. The molecule has 3 heteroatoms. The molecule has 0 amide bonds. The molecular weight excluding hydrogens is 260 g/mol. The number of para-hydroxylation sites is 1. The van der Waals surface area contributed by atoms with E-state index in [2.05, 4.69) is 31.0 Å². The van der Waals surface area contributed by atoms with E-state index in [0.717, 1.165) is 42.3 Å². The Kier molecular flexibility index (Phi) is 4.22. The molecule has 21 heavy (non-hydrogen) atoms. The summed E-state index contributed by atoms with van der Waals surface area (Å²) < 4.78 is 0. The molecule has 0 saturated carbocycles. The number of rotatable bonds is 5. The third kappa shape index (κ3) is 2.94. The summed E-state index contributed by atoms with van der Waals surface area (Å²) in [7, 11) is 2.06. The van der Waals surface area contributed by atoms with Gasteiger partial charge in [-0.3, -0.25) is 4.98 Å². The van der Waals surface area contributed by atoms with Crippen molar-refractivity contribution < 1.29 is 5.11 Å². The van der Waals surface area contributed by atoms with Crippen LogP contribution in [0.3, 0.4) is 0 Å². The summed E-state index contributed by atoms with van der Waals surface area (Å²) in [6.07, 6.45) is 4.05. The van der Waals surface area contributed by atoms with Crippen molar-refractivity contribution in [1.82, 2.24) is 9.88 Å². The molecule has 1 aliphatic carbocycles. The first-order valence-electron chi connectivity index (χ1n) is 7.97. The summed E-state index contributed by atoms with van der Waals surface area (Å²) >= 11 is 0. The Balaban J connectivity index is 1.94. The maximum Gasteiger partial charge on any atom is 0.0937 e. The van der Waals surface area contributed by atoms with E-state index < -0.39 is 6.10 Å². The molecule has 0 saturated heterocycles. The van der Waals surface area contributed by atoms with Gasteiger partial charge in [-0.05, 0) is 50.9 Å². The van der Waals surface area contributed by atoms with Crippen LogP contribution in [0.1, 0.15) is 42.7 Å². The Morgan fingerprint density at radius 2 is 2.19 bits per heavy atom. The Morgan fingerprint density at radius 3 is 3.00 bits per heavy atom. The van der Waals surface area contributed by atoms with Crippen molar-refractivity contribution in [3.8, 4) is 0 Å². The summed E-state index contributed by atoms with van der Waals surface area (Å²) in [5.74, 6) is 0. The van der Waals surface area contributed by atoms with Crippen LogP contribution in [-0.2, 0) is 12.8 Å². The van der Waals surface area contributed by atoms with Crippen molar-refractivity contribution in [2.75, 3.05) is 20.1 Å². The maximum absolute atomic E-state index is 10.6. The Labute approximate surface area is 126 Å². The predicted molar refractivity (Wildman–Crippen MR) is 86.5 cm³/mol. The molecule has 1 N–H and O–H groups in total. The molecular formula is C18H24N2O. The molecule has 0 radical (unpaired) electrons. The molecule has 1 heterocycles. The molecule has 3 rings (SSSR count). The van der Waals surface area contributed by atoms with Crippen LogP contribution in [0.4, 0.5) is 0 Å². The fourth-order valence-corrected chi connectivity index (χ4v) is 3.32. The van der Waals surface area contributed by atoms with Gasteiger partial charge < -0.3 is 10.0 Å². The number of fused-ring (bicyclic) bond motifs is 2. The van der Waals surface area contributed by atoms with Crippen molar-refractivity contribution in [1.29, 1.82) is 0 Å². The number of aromatic nitrogens is 1. The number of hydrogen-bond donors (Lipinski definition) is 1. The number of hydrogen-bond acceptors (Lipinski definition) is 3. The average molecular weight is 284 g/mol. The van der Waals surface area contributed by atoms with Gasteiger partial charge in [-0.2, -0.15) is 0 Å². The van der Waals surface area contributed by atoms with Gasteiger partial charge in [0.1, 0.15) is 0 Å². The Bertz CT molecular complexity index is 638. The predicted octanol–water partition coefficient (Wildman–Crippen LogP) is 3.10. The standard InChI is InChI=1S/C18H24N2O/c1-3-10-20(2)12-17(21)15-8-4-7-14-11-13-6-5-9-16(13)19-18(14)15/h4,7-8,11,17,21H,3,5-6,9-10,12H2,1-2H3. The zero-order valence-corrected chi connectivity index (χ0v) is 13.0. The molecule has 2 aromatic rings. The van der Waals surface area contributed by atoms with Gasteiger partial charge in [0.25, 0.3) is 0 Å². The van der Waals surface area contributed by atoms with E-state index in [0.29, 0.717) is 6.54 Å². The third-order valence-electron chi connectivity index (χ3n) is 4.35. The van der Waals surface area contributed by atoms with E-state index in [1.807, 2.05) is 12.1 Å². The lowest BCUT2D eigenvalue weighted by atomic mass is 10.0. The van der Waals surface area contributed by atoms with Gasteiger partial charge in [-0.25, -0.2) is 0 Å². The topological polar surface area (TPSA) is 36.4 Å². The lowest BCUT2D eigenvalue weighted by molar-refractivity contribution is 0.128. The minimum atomic E-state index is -0.475. The van der Waals surface area contributed by atoms with E-state index >= 15 is 0 Å². The molecule has 0 fully saturated rings. The number of aliphatic hydroxyl groups is 1. The normalized spacial score (nSPS) is 15.6. The van der Waals surface area contributed by atoms with Gasteiger partial charge in [0.15, 0.2) is 0 Å². The number of aliphatic hydroxyl groups excluding tert-OH is 1. The highest BCUT2D eigenvalue weighted by atomic mass is 16.3. The van der Waals surface area contributed by atoms with Gasteiger partial charge in [-0.15, -0.1) is 0 Å². The second kappa shape index (κ2) is 6.12. The van der Waals surface area contributed by atoms with Crippen molar-refractivity contribution >= 4 is 10.9 Å². The van der Waals surface area contributed by atoms with E-state index in [1.165, 1.54) is 17.7 Å². The minimum Gasteiger partial charge on any atom is -0.387 e. The number of nitrogens with zero attached hydrogens (tertiary/aromatic N) is 2. The third-order valence-corrected chi connectivity index (χ3v) is 4.35. The molecule has 0 aliphatic heterocycles. The second-order valence-corrected chi connectivity index (χ2v) is 6.14. The van der Waals surface area contributed by atoms with Crippen molar-refractivity contribution in [2.24, 2.45) is 0 Å². The molecule has 1 aromatic carbocycles. The Hall–Kier alpha value is -1.45. The molecule has 1 unspecified atom stereocenters. The number of aryl methyl sites for hydroxylation is 2. The number of pyridine rings is 1.